The zero-order valence-electron chi connectivity index (χ0n) is 28.7. The second-order valence-corrected chi connectivity index (χ2v) is 12.1. The van der Waals surface area contributed by atoms with Crippen LogP contribution in [0.1, 0.15) is 68.7 Å². The molecule has 0 aromatic heterocycles. The normalized spacial score (nSPS) is 12.9. The summed E-state index contributed by atoms with van der Waals surface area (Å²) in [5.41, 5.74) is 3.17. The van der Waals surface area contributed by atoms with Crippen molar-refractivity contribution in [1.82, 2.24) is 20.9 Å². The number of aryl methyl sites for hydroxylation is 1. The highest BCUT2D eigenvalue weighted by Crippen LogP contribution is 2.14. The topological polar surface area (TPSA) is 120 Å². The van der Waals surface area contributed by atoms with Crippen LogP contribution in [0.5, 0.6) is 0 Å². The highest BCUT2D eigenvalue weighted by atomic mass is 19.1. The van der Waals surface area contributed by atoms with Crippen molar-refractivity contribution >= 4 is 17.9 Å². The third-order valence-corrected chi connectivity index (χ3v) is 8.06. The summed E-state index contributed by atoms with van der Waals surface area (Å²) < 4.78 is 33.6. The first-order chi connectivity index (χ1) is 23.6. The Balaban J connectivity index is 1.77. The van der Waals surface area contributed by atoms with Crippen molar-refractivity contribution in [3.8, 4) is 0 Å². The second kappa shape index (κ2) is 20.9. The minimum Gasteiger partial charge on any atom is -0.445 e. The minimum atomic E-state index is -1.19. The van der Waals surface area contributed by atoms with E-state index in [4.69, 9.17) is 4.74 Å². The van der Waals surface area contributed by atoms with Gasteiger partial charge in [0.2, 0.25) is 11.8 Å². The molecule has 0 saturated carbocycles. The SMILES string of the molecule is CCCN(CCC)C(=O)CC[C@@H](NC(=O)OCc1ccccc1)C(=O)N[C@@H](Cc1cc(F)cc(F)c1)[C@H](O)CNCc1cccc(CC)c1. The van der Waals surface area contributed by atoms with E-state index in [1.807, 2.05) is 50.2 Å². The Hall–Kier alpha value is -4.35. The number of rotatable bonds is 20. The van der Waals surface area contributed by atoms with Gasteiger partial charge in [0.25, 0.3) is 0 Å². The zero-order chi connectivity index (χ0) is 35.6. The number of aliphatic hydroxyl groups excluding tert-OH is 1. The molecule has 0 fully saturated rings. The number of carbonyl (C=O) groups is 3. The lowest BCUT2D eigenvalue weighted by atomic mass is 9.99. The van der Waals surface area contributed by atoms with Gasteiger partial charge in [0.05, 0.1) is 12.1 Å². The Morgan fingerprint density at radius 3 is 2.12 bits per heavy atom. The summed E-state index contributed by atoms with van der Waals surface area (Å²) >= 11 is 0. The maximum Gasteiger partial charge on any atom is 0.408 e. The fraction of sp³-hybridized carbons (Fsp3) is 0.447. The molecule has 4 N–H and O–H groups in total. The van der Waals surface area contributed by atoms with Crippen molar-refractivity contribution in [2.75, 3.05) is 19.6 Å². The Morgan fingerprint density at radius 2 is 1.47 bits per heavy atom. The molecule has 0 heterocycles. The average Bonchev–Trinajstić information content (AvgIpc) is 3.08. The van der Waals surface area contributed by atoms with Crippen molar-refractivity contribution in [3.63, 3.8) is 0 Å². The molecule has 0 saturated heterocycles. The summed E-state index contributed by atoms with van der Waals surface area (Å²) in [4.78, 5) is 41.5. The third-order valence-electron chi connectivity index (χ3n) is 8.06. The van der Waals surface area contributed by atoms with Gasteiger partial charge in [-0.2, -0.15) is 0 Å². The molecule has 0 radical (unpaired) electrons. The van der Waals surface area contributed by atoms with Crippen LogP contribution >= 0.6 is 0 Å². The molecule has 0 aliphatic rings. The van der Waals surface area contributed by atoms with Crippen LogP contribution < -0.4 is 16.0 Å². The summed E-state index contributed by atoms with van der Waals surface area (Å²) in [5, 5.41) is 19.8. The fourth-order valence-corrected chi connectivity index (χ4v) is 5.52. The molecule has 3 aromatic carbocycles. The number of amides is 3. The molecule has 266 valence electrons. The quantitative estimate of drug-likeness (QED) is 0.126. The van der Waals surface area contributed by atoms with Gasteiger partial charge in [-0.25, -0.2) is 13.6 Å². The minimum absolute atomic E-state index is 0.0161. The molecule has 49 heavy (non-hydrogen) atoms. The first-order valence-electron chi connectivity index (χ1n) is 17.1. The van der Waals surface area contributed by atoms with E-state index in [1.54, 1.807) is 17.0 Å². The number of alkyl carbamates (subject to hydrolysis) is 1. The lowest BCUT2D eigenvalue weighted by Gasteiger charge is -2.28. The Morgan fingerprint density at radius 1 is 0.816 bits per heavy atom. The van der Waals surface area contributed by atoms with Crippen LogP contribution in [0.3, 0.4) is 0 Å². The van der Waals surface area contributed by atoms with Gasteiger partial charge >= 0.3 is 6.09 Å². The molecule has 3 amide bonds. The van der Waals surface area contributed by atoms with Crippen LogP contribution in [0.4, 0.5) is 13.6 Å². The van der Waals surface area contributed by atoms with Crippen molar-refractivity contribution in [3.05, 3.63) is 107 Å². The predicted octanol–water partition coefficient (Wildman–Crippen LogP) is 5.43. The molecule has 3 rings (SSSR count). The van der Waals surface area contributed by atoms with Gasteiger partial charge in [0.1, 0.15) is 24.3 Å². The first-order valence-corrected chi connectivity index (χ1v) is 17.1. The van der Waals surface area contributed by atoms with E-state index < -0.39 is 41.8 Å². The molecule has 0 spiro atoms. The van der Waals surface area contributed by atoms with E-state index in [-0.39, 0.29) is 43.9 Å². The van der Waals surface area contributed by atoms with E-state index in [2.05, 4.69) is 28.9 Å². The monoisotopic (exact) mass is 680 g/mol. The van der Waals surface area contributed by atoms with Crippen molar-refractivity contribution < 1.29 is 33.0 Å². The molecule has 3 aromatic rings. The average molecular weight is 681 g/mol. The maximum absolute atomic E-state index is 14.1. The Bertz CT molecular complexity index is 1450. The molecule has 11 heteroatoms. The van der Waals surface area contributed by atoms with E-state index in [9.17, 15) is 28.3 Å². The number of halogens is 2. The van der Waals surface area contributed by atoms with Gasteiger partial charge < -0.3 is 30.7 Å². The van der Waals surface area contributed by atoms with Crippen LogP contribution in [-0.2, 0) is 40.3 Å². The number of hydrogen-bond donors (Lipinski definition) is 4. The maximum atomic E-state index is 14.1. The second-order valence-electron chi connectivity index (χ2n) is 12.1. The van der Waals surface area contributed by atoms with E-state index in [0.717, 1.165) is 48.6 Å². The summed E-state index contributed by atoms with van der Waals surface area (Å²) in [6, 6.07) is 17.9. The van der Waals surface area contributed by atoms with Crippen LogP contribution in [0.25, 0.3) is 0 Å². The Labute approximate surface area is 288 Å². The number of nitrogens with zero attached hydrogens (tertiary/aromatic N) is 1. The van der Waals surface area contributed by atoms with Crippen molar-refractivity contribution in [2.45, 2.75) is 90.6 Å². The Kier molecular flexibility index (Phi) is 16.7. The summed E-state index contributed by atoms with van der Waals surface area (Å²) in [6.45, 7) is 7.64. The van der Waals surface area contributed by atoms with Gasteiger partial charge in [0, 0.05) is 38.7 Å². The van der Waals surface area contributed by atoms with Crippen LogP contribution in [-0.4, -0.2) is 65.7 Å². The van der Waals surface area contributed by atoms with Crippen LogP contribution in [0.15, 0.2) is 72.8 Å². The molecule has 0 bridgehead atoms. The molecule has 0 unspecified atom stereocenters. The fourth-order valence-electron chi connectivity index (χ4n) is 5.52. The molecule has 3 atom stereocenters. The van der Waals surface area contributed by atoms with Gasteiger partial charge in [-0.05, 0) is 66.5 Å². The zero-order valence-corrected chi connectivity index (χ0v) is 28.7. The number of carbonyl (C=O) groups excluding carboxylic acids is 3. The summed E-state index contributed by atoms with van der Waals surface area (Å²) in [5.74, 6) is -2.39. The highest BCUT2D eigenvalue weighted by Gasteiger charge is 2.29. The van der Waals surface area contributed by atoms with E-state index >= 15 is 0 Å². The number of aliphatic hydroxyl groups is 1. The third kappa shape index (κ3) is 14.0. The summed E-state index contributed by atoms with van der Waals surface area (Å²) in [7, 11) is 0. The number of nitrogens with one attached hydrogen (secondary N) is 3. The van der Waals surface area contributed by atoms with Gasteiger partial charge in [0.15, 0.2) is 0 Å². The largest absolute Gasteiger partial charge is 0.445 e. The molecular formula is C38H50F2N4O5. The van der Waals surface area contributed by atoms with E-state index in [0.29, 0.717) is 19.6 Å². The highest BCUT2D eigenvalue weighted by molar-refractivity contribution is 5.87. The molecule has 0 aliphatic carbocycles. The van der Waals surface area contributed by atoms with Gasteiger partial charge in [-0.3, -0.25) is 9.59 Å². The number of ether oxygens (including phenoxy) is 1. The lowest BCUT2D eigenvalue weighted by molar-refractivity contribution is -0.132. The van der Waals surface area contributed by atoms with Crippen LogP contribution in [0.2, 0.25) is 0 Å². The van der Waals surface area contributed by atoms with E-state index in [1.165, 1.54) is 5.56 Å². The molecule has 9 nitrogen and oxygen atoms in total. The summed E-state index contributed by atoms with van der Waals surface area (Å²) in [6.07, 6.45) is 0.258. The standard InChI is InChI=1S/C38H50F2N4O5/c1-4-17-44(18-5-2)36(46)16-15-33(43-38(48)49-26-28-11-8-7-9-12-28)37(47)42-34(22-30-20-31(39)23-32(40)21-30)35(45)25-41-24-29-14-10-13-27(6-3)19-29/h7-14,19-21,23,33-35,41,45H,4-6,15-18,22,24-26H2,1-3H3,(H,42,47)(H,43,48)/t33-,34+,35-/m1/s1. The van der Waals surface area contributed by atoms with Gasteiger partial charge in [-0.15, -0.1) is 0 Å². The molecular weight excluding hydrogens is 630 g/mol. The van der Waals surface area contributed by atoms with Crippen molar-refractivity contribution in [1.29, 1.82) is 0 Å². The first kappa shape index (κ1) is 39.1. The van der Waals surface area contributed by atoms with Crippen molar-refractivity contribution in [2.24, 2.45) is 0 Å². The predicted molar refractivity (Wildman–Crippen MR) is 185 cm³/mol. The van der Waals surface area contributed by atoms with Gasteiger partial charge in [-0.1, -0.05) is 75.4 Å². The lowest BCUT2D eigenvalue weighted by Crippen LogP contribution is -2.55. The smallest absolute Gasteiger partial charge is 0.408 e. The molecule has 0 aliphatic heterocycles. The number of hydrogen-bond acceptors (Lipinski definition) is 6. The van der Waals surface area contributed by atoms with Crippen LogP contribution in [0, 0.1) is 11.6 Å². The number of benzene rings is 3.